The summed E-state index contributed by atoms with van der Waals surface area (Å²) >= 11 is 0. The number of aromatic amines is 1. The number of fused-ring (bicyclic) bond motifs is 2. The van der Waals surface area contributed by atoms with Crippen molar-refractivity contribution >= 4 is 11.8 Å². The van der Waals surface area contributed by atoms with Crippen molar-refractivity contribution in [3.8, 4) is 0 Å². The monoisotopic (exact) mass is 386 g/mol. The zero-order valence-electron chi connectivity index (χ0n) is 16.6. The van der Waals surface area contributed by atoms with Gasteiger partial charge >= 0.3 is 0 Å². The van der Waals surface area contributed by atoms with Crippen LogP contribution in [0.2, 0.25) is 0 Å². The van der Waals surface area contributed by atoms with E-state index >= 15 is 0 Å². The van der Waals surface area contributed by atoms with E-state index in [-0.39, 0.29) is 18.4 Å². The molecule has 8 heteroatoms. The quantitative estimate of drug-likeness (QED) is 0.868. The maximum Gasteiger partial charge on any atom is 0.257 e. The molecule has 4 rings (SSSR count). The van der Waals surface area contributed by atoms with Crippen molar-refractivity contribution in [2.45, 2.75) is 38.6 Å². The molecule has 0 saturated carbocycles. The number of aryl methyl sites for hydroxylation is 2. The number of carbonyl (C=O) groups excluding carboxylic acids is 2. The Morgan fingerprint density at radius 1 is 1.29 bits per heavy atom. The van der Waals surface area contributed by atoms with Gasteiger partial charge in [0.05, 0.1) is 23.1 Å². The number of imidazole rings is 1. The number of hydrogen-bond donors (Lipinski definition) is 1. The van der Waals surface area contributed by atoms with Crippen molar-refractivity contribution < 1.29 is 18.7 Å². The van der Waals surface area contributed by atoms with Gasteiger partial charge in [0.2, 0.25) is 5.91 Å². The summed E-state index contributed by atoms with van der Waals surface area (Å²) in [6.45, 7) is 5.46. The van der Waals surface area contributed by atoms with Gasteiger partial charge in [0.1, 0.15) is 18.1 Å². The maximum atomic E-state index is 13.0. The fraction of sp³-hybridized carbons (Fsp3) is 0.550. The Balaban J connectivity index is 1.59. The molecule has 0 unspecified atom stereocenters. The number of methoxy groups -OCH3 is 1. The summed E-state index contributed by atoms with van der Waals surface area (Å²) in [7, 11) is 1.53. The number of likely N-dealkylation sites (tertiary alicyclic amines) is 1. The summed E-state index contributed by atoms with van der Waals surface area (Å²) in [5.74, 6) is 1.33. The molecule has 2 aliphatic rings. The van der Waals surface area contributed by atoms with Crippen LogP contribution in [0.1, 0.15) is 46.1 Å². The fourth-order valence-electron chi connectivity index (χ4n) is 4.64. The van der Waals surface area contributed by atoms with Crippen LogP contribution in [0.5, 0.6) is 0 Å². The number of piperidine rings is 1. The molecule has 1 N–H and O–H groups in total. The number of carbonyl (C=O) groups is 2. The minimum Gasteiger partial charge on any atom is -0.466 e. The SMILES string of the molecule is COCC(=O)N1CCc2[nH]cnc2C12CCN(C(=O)c1cc(C)oc1C)CC2. The van der Waals surface area contributed by atoms with Crippen molar-refractivity contribution in [1.29, 1.82) is 0 Å². The molecule has 4 heterocycles. The first-order valence-corrected chi connectivity index (χ1v) is 9.64. The van der Waals surface area contributed by atoms with E-state index in [0.29, 0.717) is 43.8 Å². The Morgan fingerprint density at radius 3 is 2.68 bits per heavy atom. The lowest BCUT2D eigenvalue weighted by Crippen LogP contribution is -2.59. The molecular formula is C20H26N4O4. The van der Waals surface area contributed by atoms with Crippen molar-refractivity contribution in [1.82, 2.24) is 19.8 Å². The summed E-state index contributed by atoms with van der Waals surface area (Å²) in [4.78, 5) is 37.3. The molecule has 2 aromatic heterocycles. The van der Waals surface area contributed by atoms with Crippen LogP contribution < -0.4 is 0 Å². The Labute approximate surface area is 163 Å². The molecule has 1 saturated heterocycles. The normalized spacial score (nSPS) is 18.4. The minimum atomic E-state index is -0.485. The number of H-pyrrole nitrogens is 1. The number of nitrogens with zero attached hydrogens (tertiary/aromatic N) is 3. The molecule has 150 valence electrons. The minimum absolute atomic E-state index is 0.0166. The second-order valence-corrected chi connectivity index (χ2v) is 7.61. The highest BCUT2D eigenvalue weighted by atomic mass is 16.5. The molecule has 0 aliphatic carbocycles. The number of aromatic nitrogens is 2. The third-order valence-corrected chi connectivity index (χ3v) is 5.98. The summed E-state index contributed by atoms with van der Waals surface area (Å²) in [5, 5.41) is 0. The molecule has 0 atom stereocenters. The summed E-state index contributed by atoms with van der Waals surface area (Å²) in [5.41, 5.74) is 2.15. The largest absolute Gasteiger partial charge is 0.466 e. The van der Waals surface area contributed by atoms with Gasteiger partial charge in [-0.25, -0.2) is 4.98 Å². The van der Waals surface area contributed by atoms with Crippen LogP contribution in [0.25, 0.3) is 0 Å². The lowest BCUT2D eigenvalue weighted by Gasteiger charge is -2.50. The van der Waals surface area contributed by atoms with E-state index < -0.39 is 5.54 Å². The van der Waals surface area contributed by atoms with Crippen molar-refractivity contribution in [2.24, 2.45) is 0 Å². The molecule has 8 nitrogen and oxygen atoms in total. The third-order valence-electron chi connectivity index (χ3n) is 5.98. The lowest BCUT2D eigenvalue weighted by molar-refractivity contribution is -0.145. The molecule has 0 radical (unpaired) electrons. The average molecular weight is 386 g/mol. The van der Waals surface area contributed by atoms with Crippen molar-refractivity contribution in [2.75, 3.05) is 33.4 Å². The first kappa shape index (κ1) is 18.7. The van der Waals surface area contributed by atoms with Gasteiger partial charge in [0.15, 0.2) is 0 Å². The van der Waals surface area contributed by atoms with E-state index in [2.05, 4.69) is 9.97 Å². The van der Waals surface area contributed by atoms with Gasteiger partial charge in [-0.1, -0.05) is 0 Å². The first-order chi connectivity index (χ1) is 13.5. The highest BCUT2D eigenvalue weighted by Crippen LogP contribution is 2.42. The number of hydrogen-bond acceptors (Lipinski definition) is 5. The zero-order valence-corrected chi connectivity index (χ0v) is 16.6. The molecule has 2 amide bonds. The molecule has 0 bridgehead atoms. The predicted molar refractivity (Wildman–Crippen MR) is 101 cm³/mol. The summed E-state index contributed by atoms with van der Waals surface area (Å²) in [6, 6.07) is 1.79. The van der Waals surface area contributed by atoms with E-state index in [1.807, 2.05) is 23.6 Å². The smallest absolute Gasteiger partial charge is 0.257 e. The van der Waals surface area contributed by atoms with Gasteiger partial charge in [-0.05, 0) is 32.8 Å². The van der Waals surface area contributed by atoms with Gasteiger partial charge in [-0.3, -0.25) is 9.59 Å². The third kappa shape index (κ3) is 2.92. The van der Waals surface area contributed by atoms with Gasteiger partial charge in [-0.15, -0.1) is 0 Å². The molecule has 1 spiro atoms. The Morgan fingerprint density at radius 2 is 2.04 bits per heavy atom. The van der Waals surface area contributed by atoms with E-state index in [1.54, 1.807) is 12.4 Å². The molecular weight excluding hydrogens is 360 g/mol. The van der Waals surface area contributed by atoms with Crippen LogP contribution in [0.3, 0.4) is 0 Å². The summed E-state index contributed by atoms with van der Waals surface area (Å²) in [6.07, 6.45) is 3.76. The lowest BCUT2D eigenvalue weighted by atomic mass is 9.78. The molecule has 2 aliphatic heterocycles. The van der Waals surface area contributed by atoms with Crippen molar-refractivity contribution in [3.05, 3.63) is 40.9 Å². The van der Waals surface area contributed by atoms with Crippen LogP contribution in [-0.2, 0) is 21.5 Å². The average Bonchev–Trinajstić information content (AvgIpc) is 3.29. The Kier molecular flexibility index (Phi) is 4.74. The van der Waals surface area contributed by atoms with E-state index in [1.165, 1.54) is 7.11 Å². The van der Waals surface area contributed by atoms with Crippen LogP contribution in [0, 0.1) is 13.8 Å². The van der Waals surface area contributed by atoms with Crippen LogP contribution >= 0.6 is 0 Å². The maximum absolute atomic E-state index is 13.0. The van der Waals surface area contributed by atoms with Crippen LogP contribution in [-0.4, -0.2) is 64.9 Å². The van der Waals surface area contributed by atoms with Gasteiger partial charge in [-0.2, -0.15) is 0 Å². The molecule has 0 aromatic carbocycles. The van der Waals surface area contributed by atoms with Gasteiger partial charge < -0.3 is 23.9 Å². The second kappa shape index (κ2) is 7.09. The highest BCUT2D eigenvalue weighted by molar-refractivity contribution is 5.95. The molecule has 1 fully saturated rings. The van der Waals surface area contributed by atoms with Gasteiger partial charge in [0.25, 0.3) is 5.91 Å². The number of rotatable bonds is 3. The summed E-state index contributed by atoms with van der Waals surface area (Å²) < 4.78 is 10.6. The van der Waals surface area contributed by atoms with E-state index in [9.17, 15) is 9.59 Å². The van der Waals surface area contributed by atoms with Crippen LogP contribution in [0.15, 0.2) is 16.8 Å². The highest BCUT2D eigenvalue weighted by Gasteiger charge is 2.49. The fourth-order valence-corrected chi connectivity index (χ4v) is 4.64. The second-order valence-electron chi connectivity index (χ2n) is 7.61. The Bertz CT molecular complexity index is 892. The number of ether oxygens (including phenoxy) is 1. The number of amides is 2. The Hall–Kier alpha value is -2.61. The zero-order chi connectivity index (χ0) is 19.9. The number of nitrogens with one attached hydrogen (secondary N) is 1. The number of furan rings is 1. The topological polar surface area (TPSA) is 91.7 Å². The van der Waals surface area contributed by atoms with Crippen LogP contribution in [0.4, 0.5) is 0 Å². The standard InChI is InChI=1S/C20H26N4O4/c1-13-10-15(14(2)28-13)19(26)23-8-5-20(6-9-23)18-16(21-12-22-18)4-7-24(20)17(25)11-27-3/h10,12H,4-9,11H2,1-3H3,(H,21,22). The van der Waals surface area contributed by atoms with Crippen molar-refractivity contribution in [3.63, 3.8) is 0 Å². The van der Waals surface area contributed by atoms with E-state index in [0.717, 1.165) is 23.6 Å². The van der Waals surface area contributed by atoms with Gasteiger partial charge in [0, 0.05) is 38.9 Å². The predicted octanol–water partition coefficient (Wildman–Crippen LogP) is 1.78. The molecule has 28 heavy (non-hydrogen) atoms. The molecule has 2 aromatic rings. The first-order valence-electron chi connectivity index (χ1n) is 9.64. The van der Waals surface area contributed by atoms with E-state index in [4.69, 9.17) is 9.15 Å².